The fraction of sp³-hybridized carbons (Fsp3) is 0.647. The summed E-state index contributed by atoms with van der Waals surface area (Å²) in [5.41, 5.74) is 8.23. The van der Waals surface area contributed by atoms with E-state index < -0.39 is 0 Å². The Morgan fingerprint density at radius 3 is 2.90 bits per heavy atom. The van der Waals surface area contributed by atoms with Crippen LogP contribution < -0.4 is 10.5 Å². The molecule has 0 saturated carbocycles. The Morgan fingerprint density at radius 1 is 1.29 bits per heavy atom. The molecule has 0 aromatic heterocycles. The van der Waals surface area contributed by atoms with Crippen LogP contribution in [0.3, 0.4) is 0 Å². The number of hydrogen-bond acceptors (Lipinski definition) is 4. The first-order valence-corrected chi connectivity index (χ1v) is 8.08. The van der Waals surface area contributed by atoms with Gasteiger partial charge in [0.15, 0.2) is 0 Å². The van der Waals surface area contributed by atoms with Crippen molar-refractivity contribution in [2.24, 2.45) is 0 Å². The molecule has 1 aromatic rings. The van der Waals surface area contributed by atoms with E-state index in [1.807, 2.05) is 12.1 Å². The van der Waals surface area contributed by atoms with Crippen molar-refractivity contribution >= 4 is 5.69 Å². The van der Waals surface area contributed by atoms with E-state index in [-0.39, 0.29) is 0 Å². The average molecular weight is 289 g/mol. The summed E-state index contributed by atoms with van der Waals surface area (Å²) in [6, 6.07) is 7.38. The van der Waals surface area contributed by atoms with Crippen LogP contribution in [0.25, 0.3) is 0 Å². The van der Waals surface area contributed by atoms with Crippen molar-refractivity contribution in [3.63, 3.8) is 0 Å². The fourth-order valence-corrected chi connectivity index (χ4v) is 3.70. The molecule has 116 valence electrons. The summed E-state index contributed by atoms with van der Waals surface area (Å²) in [6.07, 6.45) is 4.10. The number of piperazine rings is 1. The number of rotatable bonds is 3. The summed E-state index contributed by atoms with van der Waals surface area (Å²) < 4.78 is 5.23. The lowest BCUT2D eigenvalue weighted by Gasteiger charge is -2.47. The topological polar surface area (TPSA) is 41.7 Å². The molecular formula is C17H27N3O. The first-order valence-electron chi connectivity index (χ1n) is 8.08. The molecule has 3 rings (SSSR count). The number of fused-ring (bicyclic) bond motifs is 1. The number of piperidine rings is 1. The number of benzene rings is 1. The molecule has 2 heterocycles. The van der Waals surface area contributed by atoms with Crippen LogP contribution in [-0.2, 0) is 6.54 Å². The minimum Gasteiger partial charge on any atom is -0.497 e. The Kier molecular flexibility index (Phi) is 4.36. The third kappa shape index (κ3) is 3.16. The maximum atomic E-state index is 6.17. The maximum absolute atomic E-state index is 6.17. The highest BCUT2D eigenvalue weighted by molar-refractivity contribution is 5.51. The monoisotopic (exact) mass is 289 g/mol. The smallest absolute Gasteiger partial charge is 0.120 e. The van der Waals surface area contributed by atoms with Crippen molar-refractivity contribution in [3.05, 3.63) is 23.8 Å². The van der Waals surface area contributed by atoms with Gasteiger partial charge in [-0.3, -0.25) is 9.80 Å². The lowest BCUT2D eigenvalue weighted by molar-refractivity contribution is 0.0112. The van der Waals surface area contributed by atoms with Gasteiger partial charge < -0.3 is 10.5 Å². The van der Waals surface area contributed by atoms with E-state index >= 15 is 0 Å². The molecule has 1 aromatic carbocycles. The van der Waals surface area contributed by atoms with Crippen LogP contribution in [0.15, 0.2) is 18.2 Å². The molecular weight excluding hydrogens is 262 g/mol. The van der Waals surface area contributed by atoms with Crippen molar-refractivity contribution in [2.45, 2.75) is 44.8 Å². The summed E-state index contributed by atoms with van der Waals surface area (Å²) in [5, 5.41) is 0. The number of nitrogen functional groups attached to an aromatic ring is 1. The Balaban J connectivity index is 1.69. The Morgan fingerprint density at radius 2 is 2.14 bits per heavy atom. The number of nitrogens with zero attached hydrogens (tertiary/aromatic N) is 2. The van der Waals surface area contributed by atoms with Crippen LogP contribution in [-0.4, -0.2) is 48.6 Å². The number of ether oxygens (including phenoxy) is 1. The van der Waals surface area contributed by atoms with Crippen molar-refractivity contribution in [3.8, 4) is 5.75 Å². The Labute approximate surface area is 127 Å². The molecule has 2 aliphatic heterocycles. The minimum absolute atomic E-state index is 0.598. The van der Waals surface area contributed by atoms with Gasteiger partial charge in [-0.15, -0.1) is 0 Å². The second-order valence-electron chi connectivity index (χ2n) is 6.49. The Hall–Kier alpha value is -1.26. The Bertz CT molecular complexity index is 491. The maximum Gasteiger partial charge on any atom is 0.120 e. The third-order valence-electron chi connectivity index (χ3n) is 5.04. The van der Waals surface area contributed by atoms with E-state index in [0.29, 0.717) is 6.04 Å². The van der Waals surface area contributed by atoms with E-state index in [4.69, 9.17) is 10.5 Å². The van der Waals surface area contributed by atoms with Crippen molar-refractivity contribution in [2.75, 3.05) is 32.5 Å². The van der Waals surface area contributed by atoms with Crippen molar-refractivity contribution in [1.29, 1.82) is 0 Å². The highest BCUT2D eigenvalue weighted by atomic mass is 16.5. The molecule has 2 N–H and O–H groups in total. The molecule has 0 spiro atoms. The highest BCUT2D eigenvalue weighted by Crippen LogP contribution is 2.27. The molecule has 0 aliphatic carbocycles. The SMILES string of the molecule is COc1ccc(CN2CC3CCCCN3CC2C)c(N)c1. The van der Waals surface area contributed by atoms with Gasteiger partial charge in [0.1, 0.15) is 5.75 Å². The molecule has 2 atom stereocenters. The van der Waals surface area contributed by atoms with Gasteiger partial charge in [0, 0.05) is 43.5 Å². The van der Waals surface area contributed by atoms with E-state index in [1.165, 1.54) is 44.5 Å². The van der Waals surface area contributed by atoms with Crippen LogP contribution in [0, 0.1) is 0 Å². The van der Waals surface area contributed by atoms with E-state index in [0.717, 1.165) is 24.0 Å². The number of nitrogens with two attached hydrogens (primary N) is 1. The van der Waals surface area contributed by atoms with Gasteiger partial charge in [0.2, 0.25) is 0 Å². The second-order valence-corrected chi connectivity index (χ2v) is 6.49. The normalized spacial score (nSPS) is 27.3. The molecule has 4 heteroatoms. The fourth-order valence-electron chi connectivity index (χ4n) is 3.70. The molecule has 0 amide bonds. The minimum atomic E-state index is 0.598. The van der Waals surface area contributed by atoms with Gasteiger partial charge in [0.25, 0.3) is 0 Å². The molecule has 4 nitrogen and oxygen atoms in total. The lowest BCUT2D eigenvalue weighted by atomic mass is 9.96. The van der Waals surface area contributed by atoms with Crippen LogP contribution >= 0.6 is 0 Å². The zero-order chi connectivity index (χ0) is 14.8. The zero-order valence-corrected chi connectivity index (χ0v) is 13.2. The summed E-state index contributed by atoms with van der Waals surface area (Å²) in [5.74, 6) is 0.835. The lowest BCUT2D eigenvalue weighted by Crippen LogP contribution is -2.58. The van der Waals surface area contributed by atoms with Crippen molar-refractivity contribution in [1.82, 2.24) is 9.80 Å². The largest absolute Gasteiger partial charge is 0.497 e. The first kappa shape index (κ1) is 14.7. The van der Waals surface area contributed by atoms with Gasteiger partial charge in [-0.2, -0.15) is 0 Å². The summed E-state index contributed by atoms with van der Waals surface area (Å²) in [7, 11) is 1.68. The molecule has 2 aliphatic rings. The zero-order valence-electron chi connectivity index (χ0n) is 13.2. The predicted octanol–water partition coefficient (Wildman–Crippen LogP) is 2.34. The summed E-state index contributed by atoms with van der Waals surface area (Å²) in [4.78, 5) is 5.27. The van der Waals surface area contributed by atoms with Crippen LogP contribution in [0.5, 0.6) is 5.75 Å². The first-order chi connectivity index (χ1) is 10.2. The van der Waals surface area contributed by atoms with Crippen LogP contribution in [0.4, 0.5) is 5.69 Å². The highest BCUT2D eigenvalue weighted by Gasteiger charge is 2.32. The van der Waals surface area contributed by atoms with E-state index in [1.54, 1.807) is 7.11 Å². The van der Waals surface area contributed by atoms with Crippen LogP contribution in [0.1, 0.15) is 31.7 Å². The van der Waals surface area contributed by atoms with Crippen molar-refractivity contribution < 1.29 is 4.74 Å². The van der Waals surface area contributed by atoms with Gasteiger partial charge in [-0.25, -0.2) is 0 Å². The number of methoxy groups -OCH3 is 1. The predicted molar refractivity (Wildman–Crippen MR) is 86.5 cm³/mol. The standard InChI is InChI=1S/C17H27N3O/c1-13-10-19-8-4-3-5-15(19)12-20(13)11-14-6-7-16(21-2)9-17(14)18/h6-7,9,13,15H,3-5,8,10-12,18H2,1-2H3. The van der Waals surface area contributed by atoms with Gasteiger partial charge in [-0.1, -0.05) is 12.5 Å². The molecule has 2 fully saturated rings. The third-order valence-corrected chi connectivity index (χ3v) is 5.04. The second kappa shape index (κ2) is 6.24. The quantitative estimate of drug-likeness (QED) is 0.867. The number of anilines is 1. The molecule has 2 saturated heterocycles. The number of hydrogen-bond donors (Lipinski definition) is 1. The summed E-state index contributed by atoms with van der Waals surface area (Å²) in [6.45, 7) is 6.94. The van der Waals surface area contributed by atoms with Crippen LogP contribution in [0.2, 0.25) is 0 Å². The molecule has 21 heavy (non-hydrogen) atoms. The van der Waals surface area contributed by atoms with Gasteiger partial charge in [0.05, 0.1) is 7.11 Å². The summed E-state index contributed by atoms with van der Waals surface area (Å²) >= 11 is 0. The van der Waals surface area contributed by atoms with E-state index in [2.05, 4.69) is 22.8 Å². The molecule has 0 radical (unpaired) electrons. The van der Waals surface area contributed by atoms with Gasteiger partial charge in [-0.05, 0) is 37.9 Å². The average Bonchev–Trinajstić information content (AvgIpc) is 2.49. The van der Waals surface area contributed by atoms with E-state index in [9.17, 15) is 0 Å². The molecule has 2 unspecified atom stereocenters. The van der Waals surface area contributed by atoms with Gasteiger partial charge >= 0.3 is 0 Å². The molecule has 0 bridgehead atoms.